The van der Waals surface area contributed by atoms with Crippen LogP contribution in [0.25, 0.3) is 0 Å². The molecule has 1 heterocycles. The Hall–Kier alpha value is -0.870. The maximum absolute atomic E-state index is 11.4. The van der Waals surface area contributed by atoms with Crippen LogP contribution in [0.3, 0.4) is 0 Å². The highest BCUT2D eigenvalue weighted by molar-refractivity contribution is 5.66. The van der Waals surface area contributed by atoms with Crippen LogP contribution in [-0.4, -0.2) is 29.6 Å². The molecule has 1 spiro atoms. The first kappa shape index (κ1) is 18.2. The van der Waals surface area contributed by atoms with Crippen LogP contribution in [0.5, 0.6) is 0 Å². The van der Waals surface area contributed by atoms with E-state index < -0.39 is 6.29 Å². The smallest absolute Gasteiger partial charge is 0.302 e. The topological polar surface area (TPSA) is 55.8 Å². The van der Waals surface area contributed by atoms with Crippen LogP contribution in [0, 0.1) is 34.5 Å². The number of rotatable bonds is 1. The van der Waals surface area contributed by atoms with Crippen molar-refractivity contribution in [1.29, 1.82) is 0 Å². The molecule has 5 rings (SSSR count). The van der Waals surface area contributed by atoms with Gasteiger partial charge in [-0.1, -0.05) is 18.6 Å². The maximum Gasteiger partial charge on any atom is 0.302 e. The second-order valence-corrected chi connectivity index (χ2v) is 10.3. The van der Waals surface area contributed by atoms with Gasteiger partial charge in [-0.05, 0) is 81.0 Å². The largest absolute Gasteiger partial charge is 0.462 e. The standard InChI is InChI=1S/C23H34O4/c1-13-18-6-7-20-17-5-4-15-12-16(27-14(2)24)8-10-22(15,3)19(17)9-11-23(18,20)21(25)26-13/h4,13,16-21,25H,5-12H2,1-3H3/t13-,16+,17-,18-,19+,20+,21?,22+,23+/m1/s1. The summed E-state index contributed by atoms with van der Waals surface area (Å²) in [5.74, 6) is 2.36. The van der Waals surface area contributed by atoms with Gasteiger partial charge in [0.05, 0.1) is 6.10 Å². The number of esters is 1. The minimum Gasteiger partial charge on any atom is -0.462 e. The van der Waals surface area contributed by atoms with Crippen molar-refractivity contribution in [2.24, 2.45) is 34.5 Å². The number of aliphatic hydroxyl groups excluding tert-OH is 1. The molecule has 4 aliphatic carbocycles. The van der Waals surface area contributed by atoms with E-state index in [0.717, 1.165) is 32.1 Å². The highest BCUT2D eigenvalue weighted by atomic mass is 16.6. The number of carbonyl (C=O) groups is 1. The molecule has 0 aromatic heterocycles. The molecule has 0 bridgehead atoms. The van der Waals surface area contributed by atoms with Crippen molar-refractivity contribution in [3.63, 3.8) is 0 Å². The van der Waals surface area contributed by atoms with Gasteiger partial charge < -0.3 is 14.6 Å². The normalized spacial score (nSPS) is 53.6. The first-order valence-electron chi connectivity index (χ1n) is 11.1. The Balaban J connectivity index is 1.43. The lowest BCUT2D eigenvalue weighted by molar-refractivity contribution is -0.177. The molecule has 1 aliphatic heterocycles. The zero-order valence-corrected chi connectivity index (χ0v) is 16.9. The molecule has 4 fully saturated rings. The van der Waals surface area contributed by atoms with Gasteiger partial charge >= 0.3 is 5.97 Å². The summed E-state index contributed by atoms with van der Waals surface area (Å²) in [7, 11) is 0. The fraction of sp³-hybridized carbons (Fsp3) is 0.870. The summed E-state index contributed by atoms with van der Waals surface area (Å²) in [6.07, 6.45) is 11.1. The molecule has 5 aliphatic rings. The van der Waals surface area contributed by atoms with Crippen LogP contribution in [0.4, 0.5) is 0 Å². The van der Waals surface area contributed by atoms with Gasteiger partial charge in [-0.2, -0.15) is 0 Å². The third kappa shape index (κ3) is 2.38. The summed E-state index contributed by atoms with van der Waals surface area (Å²) in [6.45, 7) is 6.15. The average Bonchev–Trinajstić information content (AvgIpc) is 3.11. The highest BCUT2D eigenvalue weighted by Gasteiger charge is 2.67. The van der Waals surface area contributed by atoms with E-state index in [1.165, 1.54) is 31.8 Å². The molecule has 150 valence electrons. The zero-order valence-electron chi connectivity index (χ0n) is 16.9. The van der Waals surface area contributed by atoms with Crippen molar-refractivity contribution in [3.05, 3.63) is 11.6 Å². The van der Waals surface area contributed by atoms with Crippen LogP contribution in [0.15, 0.2) is 11.6 Å². The minimum atomic E-state index is -0.566. The van der Waals surface area contributed by atoms with E-state index in [4.69, 9.17) is 9.47 Å². The number of hydrogen-bond donors (Lipinski definition) is 1. The van der Waals surface area contributed by atoms with Gasteiger partial charge in [-0.25, -0.2) is 0 Å². The SMILES string of the molecule is CC(=O)O[C@H]1CC[C@@]2(C)C(=CC[C@H]3[C@@H]4CC[C@@H]5[C@@H](C)OC(O)[C@@]54CC[C@@H]32)C1. The summed E-state index contributed by atoms with van der Waals surface area (Å²) in [4.78, 5) is 11.4. The van der Waals surface area contributed by atoms with Crippen molar-refractivity contribution >= 4 is 5.97 Å². The van der Waals surface area contributed by atoms with E-state index in [-0.39, 0.29) is 29.0 Å². The molecule has 4 heteroatoms. The van der Waals surface area contributed by atoms with Crippen molar-refractivity contribution in [2.75, 3.05) is 0 Å². The number of ether oxygens (including phenoxy) is 2. The first-order chi connectivity index (χ1) is 12.9. The van der Waals surface area contributed by atoms with Crippen molar-refractivity contribution in [1.82, 2.24) is 0 Å². The second-order valence-electron chi connectivity index (χ2n) is 10.3. The Labute approximate surface area is 162 Å². The van der Waals surface area contributed by atoms with Gasteiger partial charge in [0.15, 0.2) is 6.29 Å². The van der Waals surface area contributed by atoms with E-state index >= 15 is 0 Å². The van der Waals surface area contributed by atoms with Gasteiger partial charge in [-0.15, -0.1) is 0 Å². The van der Waals surface area contributed by atoms with Gasteiger partial charge in [0.2, 0.25) is 0 Å². The zero-order chi connectivity index (χ0) is 19.0. The van der Waals surface area contributed by atoms with E-state index in [2.05, 4.69) is 19.9 Å². The molecule has 4 nitrogen and oxygen atoms in total. The second kappa shape index (κ2) is 6.06. The summed E-state index contributed by atoms with van der Waals surface area (Å²) in [5.41, 5.74) is 1.79. The quantitative estimate of drug-likeness (QED) is 0.552. The van der Waals surface area contributed by atoms with E-state index in [0.29, 0.717) is 23.7 Å². The lowest BCUT2D eigenvalue weighted by Crippen LogP contribution is -2.53. The average molecular weight is 375 g/mol. The molecule has 1 saturated heterocycles. The third-order valence-corrected chi connectivity index (χ3v) is 9.42. The number of hydrogen-bond acceptors (Lipinski definition) is 4. The predicted molar refractivity (Wildman–Crippen MR) is 102 cm³/mol. The van der Waals surface area contributed by atoms with Crippen LogP contribution >= 0.6 is 0 Å². The summed E-state index contributed by atoms with van der Waals surface area (Å²) in [5, 5.41) is 10.9. The van der Waals surface area contributed by atoms with E-state index in [9.17, 15) is 9.90 Å². The van der Waals surface area contributed by atoms with E-state index in [1.807, 2.05) is 0 Å². The van der Waals surface area contributed by atoms with Crippen LogP contribution in [0.2, 0.25) is 0 Å². The van der Waals surface area contributed by atoms with Crippen LogP contribution in [0.1, 0.15) is 72.1 Å². The molecule has 9 atom stereocenters. The Morgan fingerprint density at radius 3 is 2.74 bits per heavy atom. The number of aliphatic hydroxyl groups is 1. The number of allylic oxidation sites excluding steroid dienone is 1. The van der Waals surface area contributed by atoms with Gasteiger partial charge in [0.1, 0.15) is 6.10 Å². The third-order valence-electron chi connectivity index (χ3n) is 9.42. The Bertz CT molecular complexity index is 671. The predicted octanol–water partition coefficient (Wildman–Crippen LogP) is 4.21. The maximum atomic E-state index is 11.4. The summed E-state index contributed by atoms with van der Waals surface area (Å²) in [6, 6.07) is 0. The lowest BCUT2D eigenvalue weighted by Gasteiger charge is -2.58. The number of carbonyl (C=O) groups excluding carboxylic acids is 1. The molecular weight excluding hydrogens is 340 g/mol. The van der Waals surface area contributed by atoms with Gasteiger partial charge in [0.25, 0.3) is 0 Å². The van der Waals surface area contributed by atoms with Crippen molar-refractivity contribution in [3.8, 4) is 0 Å². The minimum absolute atomic E-state index is 0.0111. The summed E-state index contributed by atoms with van der Waals surface area (Å²) < 4.78 is 11.5. The fourth-order valence-corrected chi connectivity index (χ4v) is 8.32. The molecule has 3 saturated carbocycles. The molecule has 0 aromatic carbocycles. The Morgan fingerprint density at radius 2 is 1.96 bits per heavy atom. The highest BCUT2D eigenvalue weighted by Crippen LogP contribution is 2.69. The van der Waals surface area contributed by atoms with Gasteiger partial charge in [-0.3, -0.25) is 4.79 Å². The molecule has 0 aromatic rings. The van der Waals surface area contributed by atoms with Crippen molar-refractivity contribution < 1.29 is 19.4 Å². The monoisotopic (exact) mass is 374 g/mol. The molecule has 0 amide bonds. The fourth-order valence-electron chi connectivity index (χ4n) is 8.32. The molecule has 0 radical (unpaired) electrons. The molecule has 1 N–H and O–H groups in total. The lowest BCUT2D eigenvalue weighted by atomic mass is 9.47. The molecular formula is C23H34O4. The van der Waals surface area contributed by atoms with E-state index in [1.54, 1.807) is 0 Å². The number of fused-ring (bicyclic) bond motifs is 4. The molecule has 1 unspecified atom stereocenters. The Morgan fingerprint density at radius 1 is 1.19 bits per heavy atom. The first-order valence-corrected chi connectivity index (χ1v) is 11.1. The Kier molecular flexibility index (Phi) is 4.08. The van der Waals surface area contributed by atoms with Crippen LogP contribution in [-0.2, 0) is 14.3 Å². The van der Waals surface area contributed by atoms with Crippen LogP contribution < -0.4 is 0 Å². The molecule has 27 heavy (non-hydrogen) atoms. The van der Waals surface area contributed by atoms with Crippen molar-refractivity contribution in [2.45, 2.75) is 90.6 Å². The van der Waals surface area contributed by atoms with Gasteiger partial charge in [0, 0.05) is 18.8 Å². The summed E-state index contributed by atoms with van der Waals surface area (Å²) >= 11 is 0.